The minimum Gasteiger partial charge on any atom is -0.444 e. The van der Waals surface area contributed by atoms with Crippen LogP contribution in [0.15, 0.2) is 28.7 Å². The molecule has 0 radical (unpaired) electrons. The normalized spacial score (nSPS) is 19.1. The molecule has 122 valence electrons. The smallest absolute Gasteiger partial charge is 0.410 e. The Kier molecular flexibility index (Phi) is 5.87. The number of piperidine rings is 1. The van der Waals surface area contributed by atoms with Crippen LogP contribution in [-0.2, 0) is 11.3 Å². The number of halogens is 1. The predicted octanol–water partition coefficient (Wildman–Crippen LogP) is 3.94. The van der Waals surface area contributed by atoms with Crippen LogP contribution in [0, 0.1) is 0 Å². The molecule has 0 bridgehead atoms. The van der Waals surface area contributed by atoms with Gasteiger partial charge >= 0.3 is 6.09 Å². The molecule has 4 nitrogen and oxygen atoms in total. The molecule has 0 saturated carbocycles. The molecule has 1 saturated heterocycles. The monoisotopic (exact) mass is 368 g/mol. The quantitative estimate of drug-likeness (QED) is 0.878. The summed E-state index contributed by atoms with van der Waals surface area (Å²) >= 11 is 3.44. The van der Waals surface area contributed by atoms with Crippen LogP contribution in [-0.4, -0.2) is 35.7 Å². The lowest BCUT2D eigenvalue weighted by atomic mass is 10.1. The van der Waals surface area contributed by atoms with E-state index in [4.69, 9.17) is 4.74 Å². The molecule has 1 fully saturated rings. The molecular weight excluding hydrogens is 344 g/mol. The summed E-state index contributed by atoms with van der Waals surface area (Å²) in [6.07, 6.45) is 1.90. The fourth-order valence-corrected chi connectivity index (χ4v) is 2.76. The lowest BCUT2D eigenvalue weighted by molar-refractivity contribution is 0.0187. The molecule has 1 atom stereocenters. The van der Waals surface area contributed by atoms with Gasteiger partial charge in [0.1, 0.15) is 5.60 Å². The third kappa shape index (κ3) is 5.61. The SMILES string of the molecule is CC(C)(C)OC(=O)N1CCC[C@H](NCc2ccc(Br)cc2)C1. The number of likely N-dealkylation sites (tertiary alicyclic amines) is 1. The van der Waals surface area contributed by atoms with Crippen LogP contribution in [0.4, 0.5) is 4.79 Å². The van der Waals surface area contributed by atoms with Crippen molar-refractivity contribution in [2.45, 2.75) is 51.8 Å². The van der Waals surface area contributed by atoms with Crippen molar-refractivity contribution in [1.29, 1.82) is 0 Å². The van der Waals surface area contributed by atoms with Crippen molar-refractivity contribution in [1.82, 2.24) is 10.2 Å². The van der Waals surface area contributed by atoms with Gasteiger partial charge in [0.05, 0.1) is 0 Å². The van der Waals surface area contributed by atoms with Crippen LogP contribution in [0.3, 0.4) is 0 Å². The highest BCUT2D eigenvalue weighted by atomic mass is 79.9. The molecule has 0 aliphatic carbocycles. The first-order chi connectivity index (χ1) is 10.3. The first-order valence-corrected chi connectivity index (χ1v) is 8.58. The number of hydrogen-bond donors (Lipinski definition) is 1. The zero-order valence-electron chi connectivity index (χ0n) is 13.6. The molecule has 0 aromatic heterocycles. The van der Waals surface area contributed by atoms with Gasteiger partial charge in [-0.3, -0.25) is 0 Å². The standard InChI is InChI=1S/C17H25BrN2O2/c1-17(2,3)22-16(21)20-10-4-5-15(12-20)19-11-13-6-8-14(18)9-7-13/h6-9,15,19H,4-5,10-12H2,1-3H3/t15-/m0/s1. The van der Waals surface area contributed by atoms with Gasteiger partial charge in [0.25, 0.3) is 0 Å². The molecule has 1 aromatic rings. The summed E-state index contributed by atoms with van der Waals surface area (Å²) in [4.78, 5) is 14.0. The van der Waals surface area contributed by atoms with Gasteiger partial charge in [-0.05, 0) is 51.3 Å². The molecule has 0 spiro atoms. The maximum absolute atomic E-state index is 12.1. The Bertz CT molecular complexity index is 496. The van der Waals surface area contributed by atoms with Crippen molar-refractivity contribution in [3.05, 3.63) is 34.3 Å². The van der Waals surface area contributed by atoms with E-state index >= 15 is 0 Å². The largest absolute Gasteiger partial charge is 0.444 e. The number of carbonyl (C=O) groups excluding carboxylic acids is 1. The van der Waals surface area contributed by atoms with Crippen LogP contribution in [0.2, 0.25) is 0 Å². The Hall–Kier alpha value is -1.07. The van der Waals surface area contributed by atoms with E-state index in [1.165, 1.54) is 5.56 Å². The Morgan fingerprint density at radius 2 is 2.05 bits per heavy atom. The summed E-state index contributed by atoms with van der Waals surface area (Å²) in [5.74, 6) is 0. The van der Waals surface area contributed by atoms with E-state index in [1.807, 2.05) is 37.8 Å². The molecule has 1 aliphatic rings. The number of carbonyl (C=O) groups is 1. The van der Waals surface area contributed by atoms with Gasteiger partial charge in [-0.1, -0.05) is 28.1 Å². The first kappa shape index (κ1) is 17.3. The molecule has 1 aliphatic heterocycles. The molecular formula is C17H25BrN2O2. The third-order valence-corrected chi connectivity index (χ3v) is 4.11. The maximum Gasteiger partial charge on any atom is 0.410 e. The number of ether oxygens (including phenoxy) is 1. The van der Waals surface area contributed by atoms with E-state index in [-0.39, 0.29) is 6.09 Å². The number of benzene rings is 1. The zero-order chi connectivity index (χ0) is 16.2. The average Bonchev–Trinajstić information content (AvgIpc) is 2.45. The number of rotatable bonds is 3. The Morgan fingerprint density at radius 3 is 2.68 bits per heavy atom. The van der Waals surface area contributed by atoms with Crippen molar-refractivity contribution < 1.29 is 9.53 Å². The number of hydrogen-bond acceptors (Lipinski definition) is 3. The summed E-state index contributed by atoms with van der Waals surface area (Å²) in [5.41, 5.74) is 0.812. The fraction of sp³-hybridized carbons (Fsp3) is 0.588. The topological polar surface area (TPSA) is 41.6 Å². The summed E-state index contributed by atoms with van der Waals surface area (Å²) in [6, 6.07) is 8.62. The highest BCUT2D eigenvalue weighted by Gasteiger charge is 2.27. The third-order valence-electron chi connectivity index (χ3n) is 3.58. The van der Waals surface area contributed by atoms with E-state index in [9.17, 15) is 4.79 Å². The highest BCUT2D eigenvalue weighted by molar-refractivity contribution is 9.10. The van der Waals surface area contributed by atoms with E-state index in [0.29, 0.717) is 12.6 Å². The van der Waals surface area contributed by atoms with E-state index in [0.717, 1.165) is 30.4 Å². The Labute approximate surface area is 141 Å². The zero-order valence-corrected chi connectivity index (χ0v) is 15.1. The molecule has 1 aromatic carbocycles. The second-order valence-corrected chi connectivity index (χ2v) is 7.69. The summed E-state index contributed by atoms with van der Waals surface area (Å²) in [6.45, 7) is 8.02. The Morgan fingerprint density at radius 1 is 1.36 bits per heavy atom. The Balaban J connectivity index is 1.82. The maximum atomic E-state index is 12.1. The van der Waals surface area contributed by atoms with Gasteiger partial charge in [-0.25, -0.2) is 4.79 Å². The highest BCUT2D eigenvalue weighted by Crippen LogP contribution is 2.16. The number of nitrogens with zero attached hydrogens (tertiary/aromatic N) is 1. The van der Waals surface area contributed by atoms with Gasteiger partial charge in [0, 0.05) is 30.1 Å². The molecule has 2 rings (SSSR count). The van der Waals surface area contributed by atoms with Crippen LogP contribution in [0.25, 0.3) is 0 Å². The van der Waals surface area contributed by atoms with Crippen LogP contribution in [0.5, 0.6) is 0 Å². The molecule has 22 heavy (non-hydrogen) atoms. The van der Waals surface area contributed by atoms with Gasteiger partial charge in [0.15, 0.2) is 0 Å². The average molecular weight is 369 g/mol. The van der Waals surface area contributed by atoms with Gasteiger partial charge < -0.3 is 15.0 Å². The van der Waals surface area contributed by atoms with E-state index < -0.39 is 5.60 Å². The molecule has 1 heterocycles. The van der Waals surface area contributed by atoms with Crippen molar-refractivity contribution in [3.8, 4) is 0 Å². The van der Waals surface area contributed by atoms with Crippen molar-refractivity contribution >= 4 is 22.0 Å². The van der Waals surface area contributed by atoms with Crippen LogP contribution < -0.4 is 5.32 Å². The van der Waals surface area contributed by atoms with Gasteiger partial charge in [-0.15, -0.1) is 0 Å². The minimum atomic E-state index is -0.436. The summed E-state index contributed by atoms with van der Waals surface area (Å²) in [5, 5.41) is 3.54. The second kappa shape index (κ2) is 7.47. The number of amides is 1. The number of nitrogens with one attached hydrogen (secondary N) is 1. The predicted molar refractivity (Wildman–Crippen MR) is 91.8 cm³/mol. The lowest BCUT2D eigenvalue weighted by Crippen LogP contribution is -2.49. The van der Waals surface area contributed by atoms with Crippen LogP contribution in [0.1, 0.15) is 39.2 Å². The van der Waals surface area contributed by atoms with E-state index in [1.54, 1.807) is 0 Å². The van der Waals surface area contributed by atoms with Crippen LogP contribution >= 0.6 is 15.9 Å². The molecule has 0 unspecified atom stereocenters. The molecule has 1 N–H and O–H groups in total. The van der Waals surface area contributed by atoms with Gasteiger partial charge in [0.2, 0.25) is 0 Å². The minimum absolute atomic E-state index is 0.206. The van der Waals surface area contributed by atoms with Crippen molar-refractivity contribution in [2.75, 3.05) is 13.1 Å². The second-order valence-electron chi connectivity index (χ2n) is 6.77. The lowest BCUT2D eigenvalue weighted by Gasteiger charge is -2.34. The first-order valence-electron chi connectivity index (χ1n) is 7.79. The summed E-state index contributed by atoms with van der Waals surface area (Å²) < 4.78 is 6.54. The van der Waals surface area contributed by atoms with Crippen molar-refractivity contribution in [3.63, 3.8) is 0 Å². The van der Waals surface area contributed by atoms with Crippen molar-refractivity contribution in [2.24, 2.45) is 0 Å². The van der Waals surface area contributed by atoms with Gasteiger partial charge in [-0.2, -0.15) is 0 Å². The molecule has 1 amide bonds. The van der Waals surface area contributed by atoms with E-state index in [2.05, 4.69) is 33.4 Å². The fourth-order valence-electron chi connectivity index (χ4n) is 2.50. The molecule has 5 heteroatoms. The summed E-state index contributed by atoms with van der Waals surface area (Å²) in [7, 11) is 0.